The summed E-state index contributed by atoms with van der Waals surface area (Å²) in [5.41, 5.74) is 4.24. The first kappa shape index (κ1) is 22.4. The maximum Gasteiger partial charge on any atom is 0.417 e. The molecule has 3 rings (SSSR count). The van der Waals surface area contributed by atoms with E-state index in [0.29, 0.717) is 11.3 Å². The van der Waals surface area contributed by atoms with E-state index in [0.717, 1.165) is 6.07 Å². The van der Waals surface area contributed by atoms with Crippen molar-refractivity contribution in [3.8, 4) is 5.75 Å². The lowest BCUT2D eigenvalue weighted by Gasteiger charge is -2.39. The Hall–Kier alpha value is -3.27. The molecule has 0 saturated heterocycles. The van der Waals surface area contributed by atoms with Crippen LogP contribution >= 0.6 is 0 Å². The molecule has 166 valence electrons. The van der Waals surface area contributed by atoms with Gasteiger partial charge in [0.2, 0.25) is 0 Å². The van der Waals surface area contributed by atoms with Crippen molar-refractivity contribution in [3.63, 3.8) is 0 Å². The fourth-order valence-corrected chi connectivity index (χ4v) is 3.58. The molecular formula is C21H24F3N5O2. The lowest BCUT2D eigenvalue weighted by molar-refractivity contribution is -0.210. The molecular weight excluding hydrogens is 411 g/mol. The van der Waals surface area contributed by atoms with Crippen molar-refractivity contribution < 1.29 is 22.7 Å². The Balaban J connectivity index is 1.92. The topological polar surface area (TPSA) is 87.2 Å². The molecule has 3 N–H and O–H groups in total. The first-order chi connectivity index (χ1) is 14.5. The van der Waals surface area contributed by atoms with Gasteiger partial charge in [0.15, 0.2) is 12.0 Å². The molecule has 0 saturated carbocycles. The molecule has 7 nitrogen and oxygen atoms in total. The molecule has 1 heterocycles. The summed E-state index contributed by atoms with van der Waals surface area (Å²) in [5, 5.41) is 13.0. The van der Waals surface area contributed by atoms with Gasteiger partial charge in [0, 0.05) is 18.2 Å². The first-order valence-corrected chi connectivity index (χ1v) is 9.40. The molecule has 1 aliphatic heterocycles. The SMILES string of the molecule is CON1N=C(c2ccccc2C(F)(F)F)N(C)C1C(C)(C)Oc1ccc(C(=N)N)cc1. The highest BCUT2D eigenvalue weighted by atomic mass is 19.4. The number of nitrogens with zero attached hydrogens (tertiary/aromatic N) is 3. The van der Waals surface area contributed by atoms with Crippen LogP contribution in [0.1, 0.15) is 30.5 Å². The van der Waals surface area contributed by atoms with Crippen LogP contribution in [0.4, 0.5) is 13.2 Å². The van der Waals surface area contributed by atoms with E-state index in [9.17, 15) is 13.2 Å². The van der Waals surface area contributed by atoms with Gasteiger partial charge in [-0.2, -0.15) is 13.2 Å². The molecule has 31 heavy (non-hydrogen) atoms. The molecule has 1 aliphatic rings. The predicted octanol–water partition coefficient (Wildman–Crippen LogP) is 3.64. The summed E-state index contributed by atoms with van der Waals surface area (Å²) >= 11 is 0. The molecule has 0 aliphatic carbocycles. The van der Waals surface area contributed by atoms with Gasteiger partial charge in [0.1, 0.15) is 17.2 Å². The molecule has 0 aromatic heterocycles. The molecule has 2 aromatic carbocycles. The molecule has 1 atom stereocenters. The fourth-order valence-electron chi connectivity index (χ4n) is 3.58. The van der Waals surface area contributed by atoms with Crippen LogP contribution in [0.3, 0.4) is 0 Å². The van der Waals surface area contributed by atoms with Crippen LogP contribution < -0.4 is 10.5 Å². The molecule has 0 amide bonds. The Labute approximate surface area is 178 Å². The number of hydroxylamine groups is 1. The van der Waals surface area contributed by atoms with Crippen LogP contribution in [0.5, 0.6) is 5.75 Å². The predicted molar refractivity (Wildman–Crippen MR) is 111 cm³/mol. The second-order valence-corrected chi connectivity index (χ2v) is 7.58. The number of benzene rings is 2. The summed E-state index contributed by atoms with van der Waals surface area (Å²) in [6.45, 7) is 3.57. The maximum atomic E-state index is 13.5. The number of amidine groups is 2. The summed E-state index contributed by atoms with van der Waals surface area (Å²) in [4.78, 5) is 6.94. The molecule has 0 spiro atoms. The smallest absolute Gasteiger partial charge is 0.417 e. The number of ether oxygens (including phenoxy) is 1. The average molecular weight is 435 g/mol. The number of hydrogen-bond donors (Lipinski definition) is 2. The van der Waals surface area contributed by atoms with Gasteiger partial charge >= 0.3 is 6.18 Å². The first-order valence-electron chi connectivity index (χ1n) is 9.40. The van der Waals surface area contributed by atoms with E-state index in [4.69, 9.17) is 20.7 Å². The maximum absolute atomic E-state index is 13.5. The summed E-state index contributed by atoms with van der Waals surface area (Å²) in [5.74, 6) is 0.556. The van der Waals surface area contributed by atoms with Crippen LogP contribution in [-0.4, -0.2) is 47.7 Å². The van der Waals surface area contributed by atoms with Crippen LogP contribution in [0.15, 0.2) is 53.6 Å². The lowest BCUT2D eigenvalue weighted by Crippen LogP contribution is -2.56. The van der Waals surface area contributed by atoms with E-state index in [2.05, 4.69) is 5.10 Å². The zero-order valence-electron chi connectivity index (χ0n) is 17.6. The van der Waals surface area contributed by atoms with Crippen molar-refractivity contribution in [1.29, 1.82) is 5.41 Å². The Kier molecular flexibility index (Phi) is 5.86. The van der Waals surface area contributed by atoms with Gasteiger partial charge in [-0.1, -0.05) is 18.2 Å². The molecule has 0 bridgehead atoms. The van der Waals surface area contributed by atoms with Gasteiger partial charge in [0.05, 0.1) is 12.7 Å². The summed E-state index contributed by atoms with van der Waals surface area (Å²) in [6, 6.07) is 11.9. The number of hydrazone groups is 1. The fraction of sp³-hybridized carbons (Fsp3) is 0.333. The number of rotatable bonds is 6. The van der Waals surface area contributed by atoms with E-state index in [-0.39, 0.29) is 17.2 Å². The standard InChI is InChI=1S/C21H24F3N5O2/c1-20(2,31-14-11-9-13(10-12-14)17(25)26)19-28(3)18(27-29(19)30-4)15-7-5-6-8-16(15)21(22,23)24/h5-12,19H,1-4H3,(H3,25,26). The molecule has 0 fully saturated rings. The summed E-state index contributed by atoms with van der Waals surface area (Å²) in [7, 11) is 3.03. The zero-order valence-corrected chi connectivity index (χ0v) is 17.6. The minimum atomic E-state index is -4.53. The van der Waals surface area contributed by atoms with E-state index in [1.165, 1.54) is 30.5 Å². The minimum absolute atomic E-state index is 0.0522. The summed E-state index contributed by atoms with van der Waals surface area (Å²) in [6.07, 6.45) is -5.19. The van der Waals surface area contributed by atoms with Crippen molar-refractivity contribution in [2.75, 3.05) is 14.2 Å². The van der Waals surface area contributed by atoms with Crippen LogP contribution in [0.25, 0.3) is 0 Å². The lowest BCUT2D eigenvalue weighted by atomic mass is 10.0. The highest BCUT2D eigenvalue weighted by Crippen LogP contribution is 2.36. The van der Waals surface area contributed by atoms with Crippen molar-refractivity contribution in [1.82, 2.24) is 10.1 Å². The van der Waals surface area contributed by atoms with Crippen molar-refractivity contribution >= 4 is 11.7 Å². The third-order valence-corrected chi connectivity index (χ3v) is 4.93. The van der Waals surface area contributed by atoms with Gasteiger partial charge in [-0.05, 0) is 44.2 Å². The van der Waals surface area contributed by atoms with Gasteiger partial charge in [-0.15, -0.1) is 10.3 Å². The highest BCUT2D eigenvalue weighted by molar-refractivity contribution is 6.01. The Morgan fingerprint density at radius 3 is 2.26 bits per heavy atom. The third-order valence-electron chi connectivity index (χ3n) is 4.93. The van der Waals surface area contributed by atoms with Gasteiger partial charge in [0.25, 0.3) is 0 Å². The monoisotopic (exact) mass is 435 g/mol. The second-order valence-electron chi connectivity index (χ2n) is 7.58. The third kappa shape index (κ3) is 4.43. The number of nitrogens with one attached hydrogen (secondary N) is 1. The Morgan fingerprint density at radius 1 is 1.10 bits per heavy atom. The number of halogens is 3. The number of nitrogens with two attached hydrogens (primary N) is 1. The van der Waals surface area contributed by atoms with Crippen LogP contribution in [-0.2, 0) is 11.0 Å². The van der Waals surface area contributed by atoms with Crippen LogP contribution in [0.2, 0.25) is 0 Å². The number of hydrogen-bond acceptors (Lipinski definition) is 6. The number of alkyl halides is 3. The molecule has 0 radical (unpaired) electrons. The number of nitrogen functional groups attached to an aromatic ring is 1. The minimum Gasteiger partial charge on any atom is -0.484 e. The normalized spacial score (nSPS) is 17.0. The Bertz CT molecular complexity index is 989. The van der Waals surface area contributed by atoms with Gasteiger partial charge in [-0.25, -0.2) is 0 Å². The zero-order chi connectivity index (χ0) is 23.0. The quantitative estimate of drug-likeness (QED) is 0.534. The van der Waals surface area contributed by atoms with Crippen molar-refractivity contribution in [2.45, 2.75) is 31.8 Å². The summed E-state index contributed by atoms with van der Waals surface area (Å²) < 4.78 is 46.8. The van der Waals surface area contributed by atoms with Gasteiger partial charge in [-0.3, -0.25) is 10.2 Å². The van der Waals surface area contributed by atoms with E-state index in [1.807, 2.05) is 0 Å². The van der Waals surface area contributed by atoms with Crippen LogP contribution in [0, 0.1) is 5.41 Å². The Morgan fingerprint density at radius 2 is 1.71 bits per heavy atom. The van der Waals surface area contributed by atoms with Crippen molar-refractivity contribution in [3.05, 3.63) is 65.2 Å². The van der Waals surface area contributed by atoms with E-state index < -0.39 is 23.5 Å². The van der Waals surface area contributed by atoms with E-state index >= 15 is 0 Å². The van der Waals surface area contributed by atoms with Gasteiger partial charge < -0.3 is 15.4 Å². The highest BCUT2D eigenvalue weighted by Gasteiger charge is 2.47. The largest absolute Gasteiger partial charge is 0.484 e. The number of likely N-dealkylation sites (N-methyl/N-ethyl adjacent to an activating group) is 1. The molecule has 1 unspecified atom stereocenters. The second kappa shape index (κ2) is 8.10. The van der Waals surface area contributed by atoms with E-state index in [1.54, 1.807) is 50.1 Å². The van der Waals surface area contributed by atoms with Crippen molar-refractivity contribution in [2.24, 2.45) is 10.8 Å². The molecule has 10 heteroatoms. The average Bonchev–Trinajstić information content (AvgIpc) is 3.04. The molecule has 2 aromatic rings.